The van der Waals surface area contributed by atoms with E-state index in [9.17, 15) is 22.4 Å². The van der Waals surface area contributed by atoms with Gasteiger partial charge in [0, 0.05) is 18.4 Å². The average Bonchev–Trinajstić information content (AvgIpc) is 2.64. The predicted molar refractivity (Wildman–Crippen MR) is 90.1 cm³/mol. The molecule has 2 aromatic rings. The van der Waals surface area contributed by atoms with Crippen LogP contribution in [-0.4, -0.2) is 19.1 Å². The lowest BCUT2D eigenvalue weighted by Gasteiger charge is -2.21. The molecule has 0 aromatic heterocycles. The minimum Gasteiger partial charge on any atom is -0.454 e. The summed E-state index contributed by atoms with van der Waals surface area (Å²) in [6, 6.07) is 8.11. The van der Waals surface area contributed by atoms with Crippen LogP contribution in [0.4, 0.5) is 23.2 Å². The van der Waals surface area contributed by atoms with Crippen molar-refractivity contribution in [2.45, 2.75) is 19.0 Å². The molecule has 1 amide bonds. The number of rotatable bonds is 4. The SMILES string of the molecule is O=C(Nc1ccc(Oc2ccccc2C(F)(F)F)c(F)c1)C1CCCOC1. The number of nitrogens with one attached hydrogen (secondary N) is 1. The summed E-state index contributed by atoms with van der Waals surface area (Å²) in [5.41, 5.74) is -0.807. The molecule has 0 aliphatic carbocycles. The van der Waals surface area contributed by atoms with Crippen molar-refractivity contribution in [3.8, 4) is 11.5 Å². The van der Waals surface area contributed by atoms with Crippen molar-refractivity contribution in [2.75, 3.05) is 18.5 Å². The van der Waals surface area contributed by atoms with Gasteiger partial charge in [-0.1, -0.05) is 12.1 Å². The summed E-state index contributed by atoms with van der Waals surface area (Å²) in [5, 5.41) is 2.58. The molecule has 2 aromatic carbocycles. The Morgan fingerprint density at radius 1 is 1.15 bits per heavy atom. The number of alkyl halides is 3. The Morgan fingerprint density at radius 3 is 2.59 bits per heavy atom. The van der Waals surface area contributed by atoms with Crippen molar-refractivity contribution in [1.29, 1.82) is 0 Å². The van der Waals surface area contributed by atoms with Gasteiger partial charge >= 0.3 is 6.18 Å². The van der Waals surface area contributed by atoms with Crippen LogP contribution in [0.5, 0.6) is 11.5 Å². The first-order valence-electron chi connectivity index (χ1n) is 8.37. The van der Waals surface area contributed by atoms with Crippen LogP contribution < -0.4 is 10.1 Å². The second-order valence-corrected chi connectivity index (χ2v) is 6.14. The van der Waals surface area contributed by atoms with E-state index >= 15 is 0 Å². The third kappa shape index (κ3) is 4.77. The Labute approximate surface area is 153 Å². The van der Waals surface area contributed by atoms with E-state index in [1.165, 1.54) is 24.3 Å². The minimum atomic E-state index is -4.62. The summed E-state index contributed by atoms with van der Waals surface area (Å²) < 4.78 is 63.6. The lowest BCUT2D eigenvalue weighted by Crippen LogP contribution is -2.30. The Bertz CT molecular complexity index is 817. The molecule has 1 aliphatic rings. The van der Waals surface area contributed by atoms with Crippen molar-refractivity contribution in [2.24, 2.45) is 5.92 Å². The largest absolute Gasteiger partial charge is 0.454 e. The van der Waals surface area contributed by atoms with Gasteiger partial charge < -0.3 is 14.8 Å². The smallest absolute Gasteiger partial charge is 0.419 e. The zero-order valence-corrected chi connectivity index (χ0v) is 14.2. The number of amides is 1. The van der Waals surface area contributed by atoms with Crippen molar-refractivity contribution in [3.05, 3.63) is 53.8 Å². The molecular formula is C19H17F4NO3. The lowest BCUT2D eigenvalue weighted by molar-refractivity contribution is -0.138. The molecule has 3 rings (SSSR count). The molecule has 1 aliphatic heterocycles. The molecule has 0 spiro atoms. The zero-order chi connectivity index (χ0) is 19.4. The highest BCUT2D eigenvalue weighted by molar-refractivity contribution is 5.92. The van der Waals surface area contributed by atoms with Crippen LogP contribution in [0.2, 0.25) is 0 Å². The van der Waals surface area contributed by atoms with Gasteiger partial charge in [-0.15, -0.1) is 0 Å². The van der Waals surface area contributed by atoms with E-state index in [0.717, 1.165) is 24.6 Å². The Kier molecular flexibility index (Phi) is 5.65. The van der Waals surface area contributed by atoms with Gasteiger partial charge in [0.15, 0.2) is 11.6 Å². The topological polar surface area (TPSA) is 47.6 Å². The highest BCUT2D eigenvalue weighted by Gasteiger charge is 2.34. The summed E-state index contributed by atoms with van der Waals surface area (Å²) in [6.45, 7) is 0.924. The second-order valence-electron chi connectivity index (χ2n) is 6.14. The number of hydrogen-bond acceptors (Lipinski definition) is 3. The summed E-state index contributed by atoms with van der Waals surface area (Å²) in [7, 11) is 0. The van der Waals surface area contributed by atoms with Crippen molar-refractivity contribution in [3.63, 3.8) is 0 Å². The number of benzene rings is 2. The van der Waals surface area contributed by atoms with Gasteiger partial charge in [0.25, 0.3) is 0 Å². The van der Waals surface area contributed by atoms with E-state index in [1.54, 1.807) is 0 Å². The van der Waals surface area contributed by atoms with E-state index in [2.05, 4.69) is 5.32 Å². The van der Waals surface area contributed by atoms with Crippen LogP contribution in [0.25, 0.3) is 0 Å². The summed E-state index contributed by atoms with van der Waals surface area (Å²) in [6.07, 6.45) is -3.16. The van der Waals surface area contributed by atoms with E-state index < -0.39 is 23.3 Å². The fourth-order valence-electron chi connectivity index (χ4n) is 2.76. The molecule has 1 atom stereocenters. The van der Waals surface area contributed by atoms with Crippen LogP contribution in [0.3, 0.4) is 0 Å². The number of halogens is 4. The molecule has 1 fully saturated rings. The van der Waals surface area contributed by atoms with E-state index in [4.69, 9.17) is 9.47 Å². The van der Waals surface area contributed by atoms with Gasteiger partial charge in [0.1, 0.15) is 5.75 Å². The molecule has 1 unspecified atom stereocenters. The molecular weight excluding hydrogens is 366 g/mol. The van der Waals surface area contributed by atoms with Crippen LogP contribution in [0, 0.1) is 11.7 Å². The highest BCUT2D eigenvalue weighted by atomic mass is 19.4. The van der Waals surface area contributed by atoms with Gasteiger partial charge in [-0.05, 0) is 37.1 Å². The maximum absolute atomic E-state index is 14.3. The first kappa shape index (κ1) is 19.2. The first-order valence-corrected chi connectivity index (χ1v) is 8.37. The molecule has 0 bridgehead atoms. The van der Waals surface area contributed by atoms with E-state index in [1.807, 2.05) is 0 Å². The maximum atomic E-state index is 14.3. The number of para-hydroxylation sites is 1. The van der Waals surface area contributed by atoms with Crippen molar-refractivity contribution in [1.82, 2.24) is 0 Å². The predicted octanol–water partition coefficient (Wildman–Crippen LogP) is 5.00. The number of anilines is 1. The third-order valence-corrected chi connectivity index (χ3v) is 4.14. The fourth-order valence-corrected chi connectivity index (χ4v) is 2.76. The van der Waals surface area contributed by atoms with Gasteiger partial charge in [-0.25, -0.2) is 4.39 Å². The van der Waals surface area contributed by atoms with Crippen LogP contribution in [-0.2, 0) is 15.7 Å². The minimum absolute atomic E-state index is 0.194. The van der Waals surface area contributed by atoms with Crippen molar-refractivity contribution < 1.29 is 31.8 Å². The Morgan fingerprint density at radius 2 is 1.93 bits per heavy atom. The maximum Gasteiger partial charge on any atom is 0.419 e. The molecule has 0 saturated carbocycles. The molecule has 0 radical (unpaired) electrons. The van der Waals surface area contributed by atoms with Gasteiger partial charge in [0.05, 0.1) is 18.1 Å². The molecule has 1 N–H and O–H groups in total. The van der Waals surface area contributed by atoms with E-state index in [0.29, 0.717) is 19.6 Å². The quantitative estimate of drug-likeness (QED) is 0.756. The molecule has 8 heteroatoms. The molecule has 4 nitrogen and oxygen atoms in total. The second kappa shape index (κ2) is 7.96. The van der Waals surface area contributed by atoms with Gasteiger partial charge in [-0.2, -0.15) is 13.2 Å². The van der Waals surface area contributed by atoms with Crippen LogP contribution in [0.1, 0.15) is 18.4 Å². The Balaban J connectivity index is 1.73. The fraction of sp³-hybridized carbons (Fsp3) is 0.316. The average molecular weight is 383 g/mol. The normalized spacial score (nSPS) is 17.4. The molecule has 27 heavy (non-hydrogen) atoms. The summed E-state index contributed by atoms with van der Waals surface area (Å²) >= 11 is 0. The van der Waals surface area contributed by atoms with Crippen LogP contribution >= 0.6 is 0 Å². The number of carbonyl (C=O) groups excluding carboxylic acids is 1. The zero-order valence-electron chi connectivity index (χ0n) is 14.2. The first-order chi connectivity index (χ1) is 12.8. The monoisotopic (exact) mass is 383 g/mol. The van der Waals surface area contributed by atoms with Gasteiger partial charge in [-0.3, -0.25) is 4.79 Å². The summed E-state index contributed by atoms with van der Waals surface area (Å²) in [4.78, 5) is 12.1. The Hall–Kier alpha value is -2.61. The molecule has 1 saturated heterocycles. The standard InChI is InChI=1S/C19H17F4NO3/c20-15-10-13(24-18(25)12-4-3-9-26-11-12)7-8-17(15)27-16-6-2-1-5-14(16)19(21,22)23/h1-2,5-8,10,12H,3-4,9,11H2,(H,24,25). The lowest BCUT2D eigenvalue weighted by atomic mass is 10.0. The van der Waals surface area contributed by atoms with Crippen molar-refractivity contribution >= 4 is 11.6 Å². The molecule has 1 heterocycles. The summed E-state index contributed by atoms with van der Waals surface area (Å²) in [5.74, 6) is -2.35. The molecule has 144 valence electrons. The highest BCUT2D eigenvalue weighted by Crippen LogP contribution is 2.38. The van der Waals surface area contributed by atoms with Gasteiger partial charge in [0.2, 0.25) is 5.91 Å². The van der Waals surface area contributed by atoms with E-state index in [-0.39, 0.29) is 23.3 Å². The van der Waals surface area contributed by atoms with Crippen LogP contribution in [0.15, 0.2) is 42.5 Å². The third-order valence-electron chi connectivity index (χ3n) is 4.14. The number of carbonyl (C=O) groups is 1. The number of ether oxygens (including phenoxy) is 2. The number of hydrogen-bond donors (Lipinski definition) is 1.